The Balaban J connectivity index is 1.63. The van der Waals surface area contributed by atoms with E-state index >= 15 is 0 Å². The lowest BCUT2D eigenvalue weighted by Crippen LogP contribution is -2.60. The van der Waals surface area contributed by atoms with Crippen molar-refractivity contribution in [2.24, 2.45) is 5.41 Å². The van der Waals surface area contributed by atoms with Crippen LogP contribution in [0.2, 0.25) is 0 Å². The number of ether oxygens (including phenoxy) is 1. The molecule has 110 valence electrons. The molecule has 1 N–H and O–H groups in total. The average molecular weight is 268 g/mol. The number of nitrogens with zero attached hydrogens (tertiary/aromatic N) is 2. The highest BCUT2D eigenvalue weighted by Crippen LogP contribution is 2.32. The average Bonchev–Trinajstić information content (AvgIpc) is 2.89. The second-order valence-corrected chi connectivity index (χ2v) is 6.88. The Kier molecular flexibility index (Phi) is 4.13. The van der Waals surface area contributed by atoms with Crippen molar-refractivity contribution < 1.29 is 9.84 Å². The van der Waals surface area contributed by atoms with Gasteiger partial charge >= 0.3 is 0 Å². The van der Waals surface area contributed by atoms with Gasteiger partial charge in [-0.05, 0) is 32.7 Å². The lowest BCUT2D eigenvalue weighted by molar-refractivity contribution is -0.0216. The smallest absolute Gasteiger partial charge is 0.0557 e. The normalized spacial score (nSPS) is 41.4. The van der Waals surface area contributed by atoms with Crippen LogP contribution in [-0.2, 0) is 4.74 Å². The van der Waals surface area contributed by atoms with Gasteiger partial charge in [0.15, 0.2) is 0 Å². The van der Waals surface area contributed by atoms with Crippen LogP contribution in [-0.4, -0.2) is 73.0 Å². The largest absolute Gasteiger partial charge is 0.396 e. The van der Waals surface area contributed by atoms with Crippen molar-refractivity contribution in [2.45, 2.75) is 44.7 Å². The van der Waals surface area contributed by atoms with Gasteiger partial charge in [0.25, 0.3) is 0 Å². The molecule has 3 aliphatic heterocycles. The maximum Gasteiger partial charge on any atom is 0.0557 e. The summed E-state index contributed by atoms with van der Waals surface area (Å²) in [6, 6.07) is 1.36. The molecule has 0 aliphatic carbocycles. The molecule has 19 heavy (non-hydrogen) atoms. The Hall–Kier alpha value is -0.160. The van der Waals surface area contributed by atoms with Gasteiger partial charge < -0.3 is 9.84 Å². The van der Waals surface area contributed by atoms with E-state index in [1.807, 2.05) is 0 Å². The van der Waals surface area contributed by atoms with Crippen LogP contribution in [0.3, 0.4) is 0 Å². The Morgan fingerprint density at radius 2 is 2.21 bits per heavy atom. The van der Waals surface area contributed by atoms with Crippen LogP contribution < -0.4 is 0 Å². The molecule has 3 heterocycles. The first-order chi connectivity index (χ1) is 9.22. The molecule has 0 aromatic heterocycles. The maximum absolute atomic E-state index is 9.75. The van der Waals surface area contributed by atoms with Crippen molar-refractivity contribution in [1.82, 2.24) is 9.80 Å². The fraction of sp³-hybridized carbons (Fsp3) is 1.00. The van der Waals surface area contributed by atoms with Crippen LogP contribution in [0.1, 0.15) is 32.6 Å². The van der Waals surface area contributed by atoms with Gasteiger partial charge in [-0.3, -0.25) is 9.80 Å². The Bertz CT molecular complexity index is 305. The summed E-state index contributed by atoms with van der Waals surface area (Å²) < 4.78 is 5.54. The number of aliphatic hydroxyl groups is 1. The molecule has 0 radical (unpaired) electrons. The van der Waals surface area contributed by atoms with Gasteiger partial charge in [-0.25, -0.2) is 0 Å². The van der Waals surface area contributed by atoms with Gasteiger partial charge in [0.1, 0.15) is 0 Å². The summed E-state index contributed by atoms with van der Waals surface area (Å²) in [6.07, 6.45) is 5.13. The highest BCUT2D eigenvalue weighted by molar-refractivity contribution is 4.93. The molecule has 4 heteroatoms. The number of hydrogen-bond donors (Lipinski definition) is 1. The van der Waals surface area contributed by atoms with Crippen LogP contribution in [0.5, 0.6) is 0 Å². The van der Waals surface area contributed by atoms with Crippen molar-refractivity contribution in [3.8, 4) is 0 Å². The summed E-state index contributed by atoms with van der Waals surface area (Å²) >= 11 is 0. The molecular weight excluding hydrogens is 240 g/mol. The SMILES string of the molecule is CC1CN2CCCCC2CN1CC1(CO)CCOC1. The lowest BCUT2D eigenvalue weighted by atomic mass is 9.86. The Labute approximate surface area is 116 Å². The molecule has 3 atom stereocenters. The molecule has 0 amide bonds. The predicted octanol–water partition coefficient (Wildman–Crippen LogP) is 0.944. The van der Waals surface area contributed by atoms with Crippen molar-refractivity contribution >= 4 is 0 Å². The van der Waals surface area contributed by atoms with E-state index in [0.717, 1.165) is 32.2 Å². The van der Waals surface area contributed by atoms with E-state index in [1.54, 1.807) is 0 Å². The highest BCUT2D eigenvalue weighted by Gasteiger charge is 2.40. The molecule has 0 saturated carbocycles. The van der Waals surface area contributed by atoms with Gasteiger partial charge in [0, 0.05) is 43.7 Å². The molecule has 0 aromatic carbocycles. The molecule has 3 aliphatic rings. The molecule has 0 spiro atoms. The van der Waals surface area contributed by atoms with E-state index < -0.39 is 0 Å². The van der Waals surface area contributed by atoms with E-state index in [1.165, 1.54) is 38.9 Å². The third-order valence-electron chi connectivity index (χ3n) is 5.38. The van der Waals surface area contributed by atoms with E-state index in [4.69, 9.17) is 4.74 Å². The summed E-state index contributed by atoms with van der Waals surface area (Å²) in [7, 11) is 0. The number of rotatable bonds is 3. The number of piperidine rings is 1. The molecule has 3 saturated heterocycles. The number of piperazine rings is 1. The van der Waals surface area contributed by atoms with E-state index in [-0.39, 0.29) is 12.0 Å². The van der Waals surface area contributed by atoms with Crippen molar-refractivity contribution in [3.63, 3.8) is 0 Å². The third kappa shape index (κ3) is 2.82. The van der Waals surface area contributed by atoms with E-state index in [2.05, 4.69) is 16.7 Å². The van der Waals surface area contributed by atoms with Crippen LogP contribution in [0.25, 0.3) is 0 Å². The van der Waals surface area contributed by atoms with Crippen molar-refractivity contribution in [1.29, 1.82) is 0 Å². The quantitative estimate of drug-likeness (QED) is 0.826. The zero-order valence-corrected chi connectivity index (χ0v) is 12.2. The fourth-order valence-electron chi connectivity index (χ4n) is 4.01. The summed E-state index contributed by atoms with van der Waals surface area (Å²) in [5.41, 5.74) is 0.00506. The first-order valence-electron chi connectivity index (χ1n) is 7.89. The summed E-state index contributed by atoms with van der Waals surface area (Å²) in [5.74, 6) is 0. The third-order valence-corrected chi connectivity index (χ3v) is 5.38. The number of aliphatic hydroxyl groups excluding tert-OH is 1. The molecule has 3 fully saturated rings. The van der Waals surface area contributed by atoms with Crippen molar-refractivity contribution in [3.05, 3.63) is 0 Å². The molecule has 3 unspecified atom stereocenters. The molecule has 4 nitrogen and oxygen atoms in total. The summed E-state index contributed by atoms with van der Waals surface area (Å²) in [6.45, 7) is 8.85. The van der Waals surface area contributed by atoms with E-state index in [0.29, 0.717) is 6.04 Å². The van der Waals surface area contributed by atoms with Crippen LogP contribution in [0.15, 0.2) is 0 Å². The zero-order chi connectivity index (χ0) is 13.3. The number of fused-ring (bicyclic) bond motifs is 1. The minimum absolute atomic E-state index is 0.00506. The maximum atomic E-state index is 9.75. The van der Waals surface area contributed by atoms with Crippen LogP contribution in [0, 0.1) is 5.41 Å². The molecular formula is C15H28N2O2. The van der Waals surface area contributed by atoms with Gasteiger partial charge in [0.2, 0.25) is 0 Å². The zero-order valence-electron chi connectivity index (χ0n) is 12.2. The standard InChI is InChI=1S/C15H28N2O2/c1-13-8-16-6-3-2-4-14(16)9-17(13)10-15(11-18)5-7-19-12-15/h13-14,18H,2-12H2,1H3. The Morgan fingerprint density at radius 1 is 1.32 bits per heavy atom. The van der Waals surface area contributed by atoms with Gasteiger partial charge in [-0.1, -0.05) is 6.42 Å². The summed E-state index contributed by atoms with van der Waals surface area (Å²) in [5, 5.41) is 9.75. The predicted molar refractivity (Wildman–Crippen MR) is 75.2 cm³/mol. The first kappa shape index (κ1) is 13.8. The van der Waals surface area contributed by atoms with Crippen molar-refractivity contribution in [2.75, 3.05) is 46.0 Å². The van der Waals surface area contributed by atoms with Gasteiger partial charge in [0.05, 0.1) is 13.2 Å². The highest BCUT2D eigenvalue weighted by atomic mass is 16.5. The minimum Gasteiger partial charge on any atom is -0.396 e. The second kappa shape index (κ2) is 5.68. The van der Waals surface area contributed by atoms with Gasteiger partial charge in [-0.15, -0.1) is 0 Å². The molecule has 3 rings (SSSR count). The Morgan fingerprint density at radius 3 is 2.95 bits per heavy atom. The summed E-state index contributed by atoms with van der Waals surface area (Å²) in [4.78, 5) is 5.29. The minimum atomic E-state index is 0.00506. The monoisotopic (exact) mass is 268 g/mol. The second-order valence-electron chi connectivity index (χ2n) is 6.88. The van der Waals surface area contributed by atoms with E-state index in [9.17, 15) is 5.11 Å². The first-order valence-corrected chi connectivity index (χ1v) is 7.89. The number of hydrogen-bond acceptors (Lipinski definition) is 4. The topological polar surface area (TPSA) is 35.9 Å². The fourth-order valence-corrected chi connectivity index (χ4v) is 4.01. The molecule has 0 aromatic rings. The molecule has 0 bridgehead atoms. The lowest BCUT2D eigenvalue weighted by Gasteiger charge is -2.49. The van der Waals surface area contributed by atoms with Crippen LogP contribution >= 0.6 is 0 Å². The van der Waals surface area contributed by atoms with Gasteiger partial charge in [-0.2, -0.15) is 0 Å². The van der Waals surface area contributed by atoms with Crippen LogP contribution in [0.4, 0.5) is 0 Å².